The maximum Gasteiger partial charge on any atom is 0.326 e. The van der Waals surface area contributed by atoms with Crippen molar-refractivity contribution >= 4 is 64.2 Å². The van der Waals surface area contributed by atoms with Crippen LogP contribution in [-0.4, -0.2) is 88.3 Å². The van der Waals surface area contributed by atoms with Crippen LogP contribution in [0.5, 0.6) is 0 Å². The number of fused-ring (bicyclic) bond motifs is 1. The van der Waals surface area contributed by atoms with Gasteiger partial charge in [0.25, 0.3) is 5.91 Å². The largest absolute Gasteiger partial charge is 0.481 e. The molecule has 42 heavy (non-hydrogen) atoms. The highest BCUT2D eigenvalue weighted by atomic mass is 32.2. The van der Waals surface area contributed by atoms with Crippen molar-refractivity contribution in [3.8, 4) is 0 Å². The number of nitrogens with zero attached hydrogens (tertiary/aromatic N) is 4. The first-order valence-electron chi connectivity index (χ1n) is 12.6. The van der Waals surface area contributed by atoms with E-state index in [1.807, 2.05) is 0 Å². The van der Waals surface area contributed by atoms with Gasteiger partial charge in [0.15, 0.2) is 16.7 Å². The summed E-state index contributed by atoms with van der Waals surface area (Å²) in [5, 5.41) is 31.2. The van der Waals surface area contributed by atoms with Gasteiger partial charge in [0.1, 0.15) is 6.04 Å². The number of amides is 3. The molecule has 220 valence electrons. The minimum absolute atomic E-state index is 0.00513. The molecule has 0 spiro atoms. The topological polar surface area (TPSA) is 257 Å². The number of aromatic nitrogens is 4. The van der Waals surface area contributed by atoms with E-state index in [0.29, 0.717) is 11.4 Å². The van der Waals surface area contributed by atoms with Crippen molar-refractivity contribution in [1.29, 1.82) is 5.41 Å². The number of carbonyl (C=O) groups is 5. The molecule has 3 amide bonds. The summed E-state index contributed by atoms with van der Waals surface area (Å²) >= 11 is 1.10. The Balaban J connectivity index is 1.27. The van der Waals surface area contributed by atoms with E-state index >= 15 is 0 Å². The summed E-state index contributed by atoms with van der Waals surface area (Å²) in [7, 11) is 0. The maximum absolute atomic E-state index is 12.7. The molecule has 0 bridgehead atoms. The standard InChI is InChI=1S/C25H27N9O7S/c26-20-19-21(33-25(27)32-20)29-11-14(30-19)10-28-13-3-1-12(2-4-13)22(38)31-15(24(40)41)6-8-42-16-9-17(35)34(23(16)39)7-5-18(36)37/h1-4,11,15-16,28H,5-10H2,(H,31,38)(H,36,37)(H,40,41)(H4,26,27,29,32,33). The first-order chi connectivity index (χ1) is 20.0. The highest BCUT2D eigenvalue weighted by Crippen LogP contribution is 2.26. The number of benzene rings is 1. The van der Waals surface area contributed by atoms with Crippen molar-refractivity contribution in [3.05, 3.63) is 47.2 Å². The van der Waals surface area contributed by atoms with E-state index in [9.17, 15) is 29.1 Å². The van der Waals surface area contributed by atoms with Gasteiger partial charge in [0.2, 0.25) is 17.8 Å². The molecule has 2 unspecified atom stereocenters. The molecule has 3 heterocycles. The second kappa shape index (κ2) is 13.1. The number of thioether (sulfide) groups is 1. The molecule has 3 aromatic rings. The third-order valence-corrected chi connectivity index (χ3v) is 7.46. The zero-order valence-electron chi connectivity index (χ0n) is 22.0. The number of anilines is 2. The number of aliphatic carboxylic acids is 2. The number of carboxylic acids is 2. The van der Waals surface area contributed by atoms with Crippen LogP contribution in [0.1, 0.15) is 35.3 Å². The van der Waals surface area contributed by atoms with Crippen LogP contribution in [0.15, 0.2) is 30.5 Å². The van der Waals surface area contributed by atoms with Gasteiger partial charge in [0.05, 0.1) is 30.1 Å². The van der Waals surface area contributed by atoms with Crippen LogP contribution in [0.3, 0.4) is 0 Å². The number of nitrogens with one attached hydrogen (secondary N) is 4. The number of hydrogen-bond acceptors (Lipinski definition) is 12. The van der Waals surface area contributed by atoms with Gasteiger partial charge >= 0.3 is 11.9 Å². The van der Waals surface area contributed by atoms with Crippen LogP contribution in [-0.2, 0) is 25.7 Å². The average Bonchev–Trinajstić information content (AvgIpc) is 3.21. The SMILES string of the molecule is N=c1[nH]c(N)nc2ncc(CNc3ccc(C(=O)NC(CCSC4CC(=O)N(CCC(=O)O)C4=O)C(=O)O)cc3)nc12. The molecule has 8 N–H and O–H groups in total. The number of hydrogen-bond donors (Lipinski definition) is 7. The van der Waals surface area contributed by atoms with Gasteiger partial charge in [-0.1, -0.05) is 0 Å². The van der Waals surface area contributed by atoms with Crippen LogP contribution < -0.4 is 21.9 Å². The first-order valence-corrected chi connectivity index (χ1v) is 13.7. The smallest absolute Gasteiger partial charge is 0.326 e. The quantitative estimate of drug-likeness (QED) is 0.128. The van der Waals surface area contributed by atoms with Gasteiger partial charge in [0, 0.05) is 24.2 Å². The average molecular weight is 598 g/mol. The Hall–Kier alpha value is -5.06. The van der Waals surface area contributed by atoms with Crippen molar-refractivity contribution in [2.24, 2.45) is 0 Å². The van der Waals surface area contributed by atoms with Crippen molar-refractivity contribution in [2.45, 2.75) is 37.1 Å². The summed E-state index contributed by atoms with van der Waals surface area (Å²) in [6.45, 7) is 0.0620. The van der Waals surface area contributed by atoms with Crippen LogP contribution in [0.2, 0.25) is 0 Å². The van der Waals surface area contributed by atoms with Crippen LogP contribution >= 0.6 is 11.8 Å². The van der Waals surface area contributed by atoms with Gasteiger partial charge in [-0.05, 0) is 36.4 Å². The Bertz CT molecular complexity index is 1600. The van der Waals surface area contributed by atoms with Gasteiger partial charge in [-0.2, -0.15) is 4.98 Å². The zero-order valence-corrected chi connectivity index (χ0v) is 22.8. The predicted octanol–water partition coefficient (Wildman–Crippen LogP) is -0.0648. The lowest BCUT2D eigenvalue weighted by Crippen LogP contribution is -2.41. The van der Waals surface area contributed by atoms with Gasteiger partial charge in [-0.15, -0.1) is 11.8 Å². The number of nitrogen functional groups attached to an aromatic ring is 1. The molecule has 0 radical (unpaired) electrons. The number of carboxylic acid groups (broad SMARTS) is 2. The number of aromatic amines is 1. The van der Waals surface area contributed by atoms with Crippen LogP contribution in [0, 0.1) is 5.41 Å². The highest BCUT2D eigenvalue weighted by molar-refractivity contribution is 8.00. The van der Waals surface area contributed by atoms with Gasteiger partial charge in [-0.25, -0.2) is 14.8 Å². The number of imide groups is 1. The Morgan fingerprint density at radius 1 is 1.19 bits per heavy atom. The fraction of sp³-hybridized carbons (Fsp3) is 0.320. The minimum Gasteiger partial charge on any atom is -0.481 e. The molecule has 4 rings (SSSR count). The molecule has 0 saturated carbocycles. The molecule has 0 aliphatic carbocycles. The summed E-state index contributed by atoms with van der Waals surface area (Å²) in [6, 6.07) is 5.10. The van der Waals surface area contributed by atoms with E-state index in [1.165, 1.54) is 18.3 Å². The summed E-state index contributed by atoms with van der Waals surface area (Å²) in [5.41, 5.74) is 7.51. The van der Waals surface area contributed by atoms with E-state index in [0.717, 1.165) is 16.7 Å². The van der Waals surface area contributed by atoms with Crippen molar-refractivity contribution < 1.29 is 34.2 Å². The Morgan fingerprint density at radius 2 is 1.93 bits per heavy atom. The fourth-order valence-electron chi connectivity index (χ4n) is 4.07. The van der Waals surface area contributed by atoms with E-state index in [1.54, 1.807) is 12.1 Å². The molecule has 1 aliphatic rings. The second-order valence-corrected chi connectivity index (χ2v) is 10.5. The summed E-state index contributed by atoms with van der Waals surface area (Å²) in [6.07, 6.45) is 1.07. The number of H-pyrrole nitrogens is 1. The van der Waals surface area contributed by atoms with Crippen molar-refractivity contribution in [2.75, 3.05) is 23.3 Å². The Labute approximate surface area is 241 Å². The van der Waals surface area contributed by atoms with E-state index in [2.05, 4.69) is 30.6 Å². The Morgan fingerprint density at radius 3 is 2.62 bits per heavy atom. The molecule has 1 aromatic carbocycles. The summed E-state index contributed by atoms with van der Waals surface area (Å²) < 4.78 is 0. The van der Waals surface area contributed by atoms with Crippen molar-refractivity contribution in [1.82, 2.24) is 30.2 Å². The molecule has 16 nitrogen and oxygen atoms in total. The molecular formula is C25H27N9O7S. The third kappa shape index (κ3) is 7.36. The molecule has 2 atom stereocenters. The monoisotopic (exact) mass is 597 g/mol. The van der Waals surface area contributed by atoms with Gasteiger partial charge < -0.3 is 31.6 Å². The fourth-order valence-corrected chi connectivity index (χ4v) is 5.25. The molecule has 17 heteroatoms. The maximum atomic E-state index is 12.7. The highest BCUT2D eigenvalue weighted by Gasteiger charge is 2.38. The number of nitrogens with two attached hydrogens (primary N) is 1. The number of likely N-dealkylation sites (tertiary alicyclic amines) is 1. The number of carbonyl (C=O) groups excluding carboxylic acids is 3. The molecule has 1 aliphatic heterocycles. The predicted molar refractivity (Wildman–Crippen MR) is 149 cm³/mol. The second-order valence-electron chi connectivity index (χ2n) is 9.21. The van der Waals surface area contributed by atoms with Crippen molar-refractivity contribution in [3.63, 3.8) is 0 Å². The lowest BCUT2D eigenvalue weighted by Gasteiger charge is -2.16. The van der Waals surface area contributed by atoms with E-state index in [4.69, 9.17) is 16.2 Å². The molecule has 1 fully saturated rings. The summed E-state index contributed by atoms with van der Waals surface area (Å²) in [5.74, 6) is -3.69. The van der Waals surface area contributed by atoms with Gasteiger partial charge in [-0.3, -0.25) is 29.5 Å². The normalized spacial score (nSPS) is 15.5. The lowest BCUT2D eigenvalue weighted by atomic mass is 10.1. The molecule has 1 saturated heterocycles. The van der Waals surface area contributed by atoms with E-state index in [-0.39, 0.29) is 66.3 Å². The van der Waals surface area contributed by atoms with Crippen LogP contribution in [0.4, 0.5) is 11.6 Å². The molecule has 2 aromatic heterocycles. The number of rotatable bonds is 13. The summed E-state index contributed by atoms with van der Waals surface area (Å²) in [4.78, 5) is 75.7. The molecular weight excluding hydrogens is 570 g/mol. The Kier molecular flexibility index (Phi) is 9.31. The lowest BCUT2D eigenvalue weighted by molar-refractivity contribution is -0.141. The third-order valence-electron chi connectivity index (χ3n) is 6.22. The first kappa shape index (κ1) is 29.9. The van der Waals surface area contributed by atoms with Crippen LogP contribution in [0.25, 0.3) is 11.2 Å². The van der Waals surface area contributed by atoms with E-state index < -0.39 is 41.0 Å². The minimum atomic E-state index is -1.25. The zero-order chi connectivity index (χ0) is 30.4.